The van der Waals surface area contributed by atoms with E-state index in [1.807, 2.05) is 18.2 Å². The fourth-order valence-corrected chi connectivity index (χ4v) is 4.51. The summed E-state index contributed by atoms with van der Waals surface area (Å²) < 4.78 is 45.9. The molecule has 0 atom stereocenters. The summed E-state index contributed by atoms with van der Waals surface area (Å²) in [6, 6.07) is 25.9. The van der Waals surface area contributed by atoms with E-state index in [2.05, 4.69) is 5.32 Å². The molecule has 4 aromatic rings. The smallest absolute Gasteiger partial charge is 0.255 e. The van der Waals surface area contributed by atoms with Crippen molar-refractivity contribution in [1.82, 2.24) is 0 Å². The molecule has 4 aromatic carbocycles. The Morgan fingerprint density at radius 2 is 1.61 bits per heavy atom. The number of rotatable bonds is 8. The average Bonchev–Trinajstić information content (AvgIpc) is 2.85. The van der Waals surface area contributed by atoms with E-state index in [-0.39, 0.29) is 17.7 Å². The van der Waals surface area contributed by atoms with Gasteiger partial charge in [-0.05, 0) is 60.7 Å². The fraction of sp³-hybridized carbons (Fsp3) is 0.0741. The molecule has 0 saturated carbocycles. The van der Waals surface area contributed by atoms with Gasteiger partial charge in [0.25, 0.3) is 5.91 Å². The summed E-state index contributed by atoms with van der Waals surface area (Å²) in [6.45, 7) is -0.181. The van der Waals surface area contributed by atoms with Crippen molar-refractivity contribution in [3.8, 4) is 11.5 Å². The van der Waals surface area contributed by atoms with Gasteiger partial charge >= 0.3 is 0 Å². The van der Waals surface area contributed by atoms with Crippen LogP contribution in [0.15, 0.2) is 97.1 Å². The first-order chi connectivity index (χ1) is 17.2. The molecule has 0 heterocycles. The number of anilines is 2. The normalized spacial score (nSPS) is 11.1. The number of nitrogens with zero attached hydrogens (tertiary/aromatic N) is 1. The average molecular weight is 525 g/mol. The Balaban J connectivity index is 1.55. The van der Waals surface area contributed by atoms with Gasteiger partial charge in [-0.25, -0.2) is 12.8 Å². The van der Waals surface area contributed by atoms with Gasteiger partial charge in [0.2, 0.25) is 10.0 Å². The van der Waals surface area contributed by atoms with Gasteiger partial charge in [0, 0.05) is 16.1 Å². The minimum absolute atomic E-state index is 0.181. The molecule has 0 aliphatic carbocycles. The van der Waals surface area contributed by atoms with Crippen molar-refractivity contribution < 1.29 is 22.3 Å². The van der Waals surface area contributed by atoms with Crippen LogP contribution in [0.3, 0.4) is 0 Å². The molecule has 1 amide bonds. The highest BCUT2D eigenvalue weighted by molar-refractivity contribution is 7.92. The molecule has 1 N–H and O–H groups in total. The number of nitrogens with one attached hydrogen (secondary N) is 1. The van der Waals surface area contributed by atoms with Gasteiger partial charge in [0.1, 0.15) is 11.6 Å². The van der Waals surface area contributed by atoms with Gasteiger partial charge in [-0.2, -0.15) is 0 Å². The zero-order valence-electron chi connectivity index (χ0n) is 19.2. The number of hydrogen-bond donors (Lipinski definition) is 1. The summed E-state index contributed by atoms with van der Waals surface area (Å²) >= 11 is 6.13. The number of benzene rings is 4. The van der Waals surface area contributed by atoms with Crippen LogP contribution in [-0.4, -0.2) is 20.6 Å². The molecule has 0 radical (unpaired) electrons. The quantitative estimate of drug-likeness (QED) is 0.286. The molecule has 0 fully saturated rings. The highest BCUT2D eigenvalue weighted by atomic mass is 35.5. The summed E-state index contributed by atoms with van der Waals surface area (Å²) in [7, 11) is -3.72. The second-order valence-corrected chi connectivity index (χ2v) is 10.3. The molecule has 0 spiro atoms. The lowest BCUT2D eigenvalue weighted by atomic mass is 10.1. The second kappa shape index (κ2) is 10.8. The third-order valence-electron chi connectivity index (χ3n) is 5.25. The molecule has 0 saturated heterocycles. The lowest BCUT2D eigenvalue weighted by Crippen LogP contribution is -2.29. The van der Waals surface area contributed by atoms with E-state index in [1.54, 1.807) is 36.4 Å². The highest BCUT2D eigenvalue weighted by Gasteiger charge is 2.20. The molecule has 184 valence electrons. The van der Waals surface area contributed by atoms with E-state index in [4.69, 9.17) is 16.3 Å². The molecule has 0 aliphatic rings. The number of para-hydroxylation sites is 1. The molecule has 0 aromatic heterocycles. The van der Waals surface area contributed by atoms with E-state index in [0.717, 1.165) is 10.6 Å². The van der Waals surface area contributed by atoms with Crippen LogP contribution in [0, 0.1) is 5.82 Å². The Bertz CT molecular complexity index is 1480. The first-order valence-electron chi connectivity index (χ1n) is 10.9. The summed E-state index contributed by atoms with van der Waals surface area (Å²) in [5.41, 5.74) is 1.19. The van der Waals surface area contributed by atoms with Crippen LogP contribution >= 0.6 is 11.6 Å². The van der Waals surface area contributed by atoms with Gasteiger partial charge in [-0.1, -0.05) is 48.0 Å². The first-order valence-corrected chi connectivity index (χ1v) is 13.1. The largest absolute Gasteiger partial charge is 0.455 e. The predicted octanol–water partition coefficient (Wildman–Crippen LogP) is 6.49. The molecule has 0 unspecified atom stereocenters. The van der Waals surface area contributed by atoms with Crippen LogP contribution in [-0.2, 0) is 16.6 Å². The van der Waals surface area contributed by atoms with Crippen LogP contribution in [0.4, 0.5) is 15.8 Å². The lowest BCUT2D eigenvalue weighted by molar-refractivity contribution is 0.102. The maximum Gasteiger partial charge on any atom is 0.255 e. The van der Waals surface area contributed by atoms with Crippen molar-refractivity contribution in [1.29, 1.82) is 0 Å². The summed E-state index contributed by atoms with van der Waals surface area (Å²) in [5, 5.41) is 3.20. The molecule has 36 heavy (non-hydrogen) atoms. The Labute approximate surface area is 214 Å². The summed E-state index contributed by atoms with van der Waals surface area (Å²) in [4.78, 5) is 13.0. The van der Waals surface area contributed by atoms with E-state index in [1.165, 1.54) is 42.5 Å². The highest BCUT2D eigenvalue weighted by Crippen LogP contribution is 2.32. The Morgan fingerprint density at radius 3 is 2.28 bits per heavy atom. The zero-order valence-corrected chi connectivity index (χ0v) is 20.8. The molecule has 4 rings (SSSR count). The van der Waals surface area contributed by atoms with Crippen LogP contribution in [0.2, 0.25) is 5.02 Å². The van der Waals surface area contributed by atoms with Gasteiger partial charge in [-0.3, -0.25) is 9.10 Å². The number of halogens is 2. The maximum absolute atomic E-state index is 14.1. The lowest BCUT2D eigenvalue weighted by Gasteiger charge is -2.23. The first kappa shape index (κ1) is 25.2. The van der Waals surface area contributed by atoms with Crippen molar-refractivity contribution >= 4 is 38.9 Å². The SMILES string of the molecule is CS(=O)(=O)N(Cc1ccccc1F)c1ccc(C(=O)Nc2cc(Cl)ccc2Oc2ccccc2)cc1. The van der Waals surface area contributed by atoms with Gasteiger partial charge in [0.15, 0.2) is 5.75 Å². The molecular weight excluding hydrogens is 503 g/mol. The topological polar surface area (TPSA) is 75.7 Å². The molecular formula is C27H22ClFN2O4S. The third-order valence-corrected chi connectivity index (χ3v) is 6.63. The summed E-state index contributed by atoms with van der Waals surface area (Å²) in [6.07, 6.45) is 1.04. The Kier molecular flexibility index (Phi) is 7.57. The van der Waals surface area contributed by atoms with Gasteiger partial charge in [-0.15, -0.1) is 0 Å². The van der Waals surface area contributed by atoms with Crippen LogP contribution in [0.25, 0.3) is 0 Å². The van der Waals surface area contributed by atoms with Crippen molar-refractivity contribution in [2.45, 2.75) is 6.54 Å². The predicted molar refractivity (Wildman–Crippen MR) is 140 cm³/mol. The maximum atomic E-state index is 14.1. The molecule has 9 heteroatoms. The van der Waals surface area contributed by atoms with Gasteiger partial charge < -0.3 is 10.1 Å². The van der Waals surface area contributed by atoms with Crippen LogP contribution in [0.5, 0.6) is 11.5 Å². The number of amides is 1. The Hall–Kier alpha value is -3.88. The van der Waals surface area contributed by atoms with E-state index in [9.17, 15) is 17.6 Å². The second-order valence-electron chi connectivity index (χ2n) is 7.92. The van der Waals surface area contributed by atoms with Crippen molar-refractivity contribution in [3.05, 3.63) is 119 Å². The third kappa shape index (κ3) is 6.21. The molecule has 6 nitrogen and oxygen atoms in total. The minimum atomic E-state index is -3.72. The van der Waals surface area contributed by atoms with Crippen LogP contribution < -0.4 is 14.4 Å². The van der Waals surface area contributed by atoms with Crippen molar-refractivity contribution in [3.63, 3.8) is 0 Å². The van der Waals surface area contributed by atoms with E-state index < -0.39 is 21.7 Å². The number of ether oxygens (including phenoxy) is 1. The van der Waals surface area contributed by atoms with E-state index in [0.29, 0.717) is 27.9 Å². The Morgan fingerprint density at radius 1 is 0.944 bits per heavy atom. The van der Waals surface area contributed by atoms with Crippen LogP contribution in [0.1, 0.15) is 15.9 Å². The summed E-state index contributed by atoms with van der Waals surface area (Å²) in [5.74, 6) is 0.0537. The minimum Gasteiger partial charge on any atom is -0.455 e. The standard InChI is InChI=1S/C27H22ClFN2O4S/c1-36(33,34)31(18-20-7-5-6-10-24(20)29)22-14-11-19(12-15-22)27(32)30-25-17-21(28)13-16-26(25)35-23-8-3-2-4-9-23/h2-17H,18H2,1H3,(H,30,32). The molecule has 0 aliphatic heterocycles. The van der Waals surface area contributed by atoms with Crippen molar-refractivity contribution in [2.24, 2.45) is 0 Å². The number of hydrogen-bond acceptors (Lipinski definition) is 4. The zero-order chi connectivity index (χ0) is 25.7. The van der Waals surface area contributed by atoms with Crippen molar-refractivity contribution in [2.75, 3.05) is 15.9 Å². The number of carbonyl (C=O) groups excluding carboxylic acids is 1. The fourth-order valence-electron chi connectivity index (χ4n) is 3.46. The van der Waals surface area contributed by atoms with E-state index >= 15 is 0 Å². The molecule has 0 bridgehead atoms. The number of carbonyl (C=O) groups is 1. The number of sulfonamides is 1. The monoisotopic (exact) mass is 524 g/mol. The van der Waals surface area contributed by atoms with Gasteiger partial charge in [0.05, 0.1) is 24.2 Å².